The lowest BCUT2D eigenvalue weighted by Gasteiger charge is -2.36. The zero-order chi connectivity index (χ0) is 18.8. The Bertz CT molecular complexity index is 479. The Morgan fingerprint density at radius 3 is 1.50 bits per heavy atom. The molecule has 0 saturated carbocycles. The maximum absolute atomic E-state index is 6.20. The molecule has 0 amide bonds. The number of benzene rings is 1. The summed E-state index contributed by atoms with van der Waals surface area (Å²) in [6.45, 7) is 21.4. The molecule has 0 saturated heterocycles. The maximum Gasteiger partial charge on any atom is 0.161 e. The van der Waals surface area contributed by atoms with Gasteiger partial charge in [-0.3, -0.25) is 0 Å². The Labute approximate surface area is 149 Å². The summed E-state index contributed by atoms with van der Waals surface area (Å²) >= 11 is 0. The predicted molar refractivity (Wildman–Crippen MR) is 103 cm³/mol. The fourth-order valence-electron chi connectivity index (χ4n) is 2.56. The molecular weight excluding hydrogens is 296 g/mol. The molecule has 1 aromatic carbocycles. The van der Waals surface area contributed by atoms with Gasteiger partial charge in [0.25, 0.3) is 0 Å². The highest BCUT2D eigenvalue weighted by Crippen LogP contribution is 2.27. The Balaban J connectivity index is 2.85. The SMILES string of the molecule is CC(Cc1ccc(C(C)(C)C)cc1)C(OC(C)(C)C)OC(C)(C)C. The summed E-state index contributed by atoms with van der Waals surface area (Å²) in [5.41, 5.74) is 2.45. The molecular formula is C22H38O2. The first-order valence-electron chi connectivity index (χ1n) is 9.12. The third-order valence-electron chi connectivity index (χ3n) is 3.78. The summed E-state index contributed by atoms with van der Waals surface area (Å²) < 4.78 is 12.4. The quantitative estimate of drug-likeness (QED) is 0.604. The number of hydrogen-bond acceptors (Lipinski definition) is 2. The molecule has 0 aliphatic carbocycles. The second-order valence-corrected chi connectivity index (χ2v) is 9.96. The minimum absolute atomic E-state index is 0.192. The lowest BCUT2D eigenvalue weighted by atomic mass is 9.86. The summed E-state index contributed by atoms with van der Waals surface area (Å²) in [4.78, 5) is 0. The average Bonchev–Trinajstić information content (AvgIpc) is 2.34. The van der Waals surface area contributed by atoms with Crippen LogP contribution in [0.1, 0.15) is 80.4 Å². The Hall–Kier alpha value is -0.860. The first kappa shape index (κ1) is 21.2. The molecule has 0 heterocycles. The van der Waals surface area contributed by atoms with Gasteiger partial charge in [-0.1, -0.05) is 52.0 Å². The lowest BCUT2D eigenvalue weighted by Crippen LogP contribution is -2.39. The summed E-state index contributed by atoms with van der Waals surface area (Å²) in [6.07, 6.45) is 0.730. The maximum atomic E-state index is 6.20. The van der Waals surface area contributed by atoms with Gasteiger partial charge in [0.15, 0.2) is 6.29 Å². The molecule has 1 unspecified atom stereocenters. The molecule has 0 aliphatic heterocycles. The van der Waals surface area contributed by atoms with Crippen molar-refractivity contribution in [3.8, 4) is 0 Å². The Morgan fingerprint density at radius 2 is 1.17 bits per heavy atom. The van der Waals surface area contributed by atoms with Crippen LogP contribution in [0.25, 0.3) is 0 Å². The molecule has 1 aromatic rings. The van der Waals surface area contributed by atoms with E-state index in [1.807, 2.05) is 0 Å². The summed E-state index contributed by atoms with van der Waals surface area (Å²) in [5, 5.41) is 0. The van der Waals surface area contributed by atoms with Crippen LogP contribution in [0, 0.1) is 5.92 Å². The molecule has 0 bridgehead atoms. The highest BCUT2D eigenvalue weighted by molar-refractivity contribution is 5.27. The second-order valence-electron chi connectivity index (χ2n) is 9.96. The van der Waals surface area contributed by atoms with E-state index < -0.39 is 0 Å². The zero-order valence-electron chi connectivity index (χ0n) is 17.5. The van der Waals surface area contributed by atoms with E-state index in [0.717, 1.165) is 6.42 Å². The van der Waals surface area contributed by atoms with E-state index >= 15 is 0 Å². The fraction of sp³-hybridized carbons (Fsp3) is 0.727. The number of ether oxygens (including phenoxy) is 2. The van der Waals surface area contributed by atoms with E-state index in [0.29, 0.717) is 0 Å². The highest BCUT2D eigenvalue weighted by atomic mass is 16.7. The Kier molecular flexibility index (Phi) is 6.69. The van der Waals surface area contributed by atoms with E-state index in [9.17, 15) is 0 Å². The smallest absolute Gasteiger partial charge is 0.161 e. The average molecular weight is 335 g/mol. The van der Waals surface area contributed by atoms with Crippen LogP contribution in [0.4, 0.5) is 0 Å². The van der Waals surface area contributed by atoms with Gasteiger partial charge < -0.3 is 9.47 Å². The molecule has 2 heteroatoms. The zero-order valence-corrected chi connectivity index (χ0v) is 17.5. The van der Waals surface area contributed by atoms with Crippen molar-refractivity contribution >= 4 is 0 Å². The van der Waals surface area contributed by atoms with Crippen molar-refractivity contribution in [2.45, 2.75) is 98.6 Å². The van der Waals surface area contributed by atoms with Gasteiger partial charge in [0, 0.05) is 5.92 Å². The van der Waals surface area contributed by atoms with Crippen LogP contribution in [-0.2, 0) is 21.3 Å². The molecule has 1 atom stereocenters. The van der Waals surface area contributed by atoms with E-state index in [4.69, 9.17) is 9.47 Å². The third-order valence-corrected chi connectivity index (χ3v) is 3.78. The molecule has 0 aromatic heterocycles. The highest BCUT2D eigenvalue weighted by Gasteiger charge is 2.29. The van der Waals surface area contributed by atoms with Gasteiger partial charge in [-0.15, -0.1) is 0 Å². The molecule has 138 valence electrons. The van der Waals surface area contributed by atoms with Crippen LogP contribution in [0.15, 0.2) is 24.3 Å². The van der Waals surface area contributed by atoms with Gasteiger partial charge in [0.2, 0.25) is 0 Å². The molecule has 0 radical (unpaired) electrons. The van der Waals surface area contributed by atoms with Gasteiger partial charge in [-0.05, 0) is 64.5 Å². The van der Waals surface area contributed by atoms with Gasteiger partial charge in [0.05, 0.1) is 11.2 Å². The van der Waals surface area contributed by atoms with Gasteiger partial charge in [0.1, 0.15) is 0 Å². The summed E-state index contributed by atoms with van der Waals surface area (Å²) in [6, 6.07) is 8.96. The molecule has 0 N–H and O–H groups in total. The number of hydrogen-bond donors (Lipinski definition) is 0. The van der Waals surface area contributed by atoms with Crippen molar-refractivity contribution in [1.82, 2.24) is 0 Å². The van der Waals surface area contributed by atoms with Crippen molar-refractivity contribution in [3.05, 3.63) is 35.4 Å². The number of rotatable bonds is 5. The minimum Gasteiger partial charge on any atom is -0.347 e. The molecule has 0 spiro atoms. The van der Waals surface area contributed by atoms with Crippen molar-refractivity contribution in [2.75, 3.05) is 0 Å². The van der Waals surface area contributed by atoms with Gasteiger partial charge in [-0.25, -0.2) is 0 Å². The molecule has 0 fully saturated rings. The summed E-state index contributed by atoms with van der Waals surface area (Å²) in [5.74, 6) is 0.281. The van der Waals surface area contributed by atoms with Crippen LogP contribution in [-0.4, -0.2) is 17.5 Å². The van der Waals surface area contributed by atoms with Crippen LogP contribution in [0.5, 0.6) is 0 Å². The second kappa shape index (κ2) is 7.58. The van der Waals surface area contributed by atoms with E-state index in [-0.39, 0.29) is 28.8 Å². The van der Waals surface area contributed by atoms with Crippen molar-refractivity contribution in [3.63, 3.8) is 0 Å². The van der Waals surface area contributed by atoms with Crippen LogP contribution >= 0.6 is 0 Å². The summed E-state index contributed by atoms with van der Waals surface area (Å²) in [7, 11) is 0. The van der Waals surface area contributed by atoms with Crippen LogP contribution < -0.4 is 0 Å². The topological polar surface area (TPSA) is 18.5 Å². The largest absolute Gasteiger partial charge is 0.347 e. The molecule has 2 nitrogen and oxygen atoms in total. The van der Waals surface area contributed by atoms with E-state index in [1.165, 1.54) is 11.1 Å². The van der Waals surface area contributed by atoms with Crippen molar-refractivity contribution in [1.29, 1.82) is 0 Å². The normalized spacial score (nSPS) is 15.0. The minimum atomic E-state index is -0.222. The van der Waals surface area contributed by atoms with Gasteiger partial charge >= 0.3 is 0 Å². The predicted octanol–water partition coefficient (Wildman–Crippen LogP) is 6.12. The molecule has 24 heavy (non-hydrogen) atoms. The monoisotopic (exact) mass is 334 g/mol. The molecule has 1 rings (SSSR count). The Morgan fingerprint density at radius 1 is 0.750 bits per heavy atom. The first-order chi connectivity index (χ1) is 10.7. The van der Waals surface area contributed by atoms with Crippen molar-refractivity contribution in [2.24, 2.45) is 5.92 Å². The third kappa shape index (κ3) is 7.81. The van der Waals surface area contributed by atoms with E-state index in [1.54, 1.807) is 0 Å². The standard InChI is InChI=1S/C22H38O2/c1-16(19(23-21(5,6)7)24-22(8,9)10)15-17-11-13-18(14-12-17)20(2,3)4/h11-14,16,19H,15H2,1-10H3. The fourth-order valence-corrected chi connectivity index (χ4v) is 2.56. The van der Waals surface area contributed by atoms with Crippen LogP contribution in [0.3, 0.4) is 0 Å². The van der Waals surface area contributed by atoms with E-state index in [2.05, 4.69) is 93.5 Å². The lowest BCUT2D eigenvalue weighted by molar-refractivity contribution is -0.253. The van der Waals surface area contributed by atoms with Crippen LogP contribution in [0.2, 0.25) is 0 Å². The first-order valence-corrected chi connectivity index (χ1v) is 9.12. The van der Waals surface area contributed by atoms with Gasteiger partial charge in [-0.2, -0.15) is 0 Å². The van der Waals surface area contributed by atoms with Crippen molar-refractivity contribution < 1.29 is 9.47 Å². The molecule has 0 aliphatic rings.